The minimum atomic E-state index is -0.819. The van der Waals surface area contributed by atoms with Crippen molar-refractivity contribution in [1.82, 2.24) is 0 Å². The molecule has 0 aromatic rings. The van der Waals surface area contributed by atoms with E-state index in [1.807, 2.05) is 0 Å². The van der Waals surface area contributed by atoms with Crippen LogP contribution >= 0.6 is 0 Å². The minimum Gasteiger partial charge on any atom is -0.414 e. The van der Waals surface area contributed by atoms with E-state index in [9.17, 15) is 4.39 Å². The molecule has 0 saturated heterocycles. The Morgan fingerprint density at radius 3 is 2.71 bits per heavy atom. The van der Waals surface area contributed by atoms with Crippen LogP contribution in [-0.4, -0.2) is 21.2 Å². The molecule has 0 bridgehead atoms. The first-order valence-corrected chi connectivity index (χ1v) is 2.02. The summed E-state index contributed by atoms with van der Waals surface area (Å²) in [5.41, 5.74) is 0. The lowest BCUT2D eigenvalue weighted by molar-refractivity contribution is 0.154. The molecule has 7 heavy (non-hydrogen) atoms. The van der Waals surface area contributed by atoms with Crippen LogP contribution in [0.3, 0.4) is 0 Å². The Bertz CT molecular complexity index is 32.1. The highest BCUT2D eigenvalue weighted by Crippen LogP contribution is 1.72. The summed E-state index contributed by atoms with van der Waals surface area (Å²) in [4.78, 5) is 0. The topological polar surface area (TPSA) is 18.5 Å². The molecule has 0 amide bonds. The molecule has 0 spiro atoms. The van der Waals surface area contributed by atoms with E-state index in [1.54, 1.807) is 6.92 Å². The Hall–Kier alpha value is -0.0851. The first kappa shape index (κ1) is 6.91. The van der Waals surface area contributed by atoms with Crippen molar-refractivity contribution >= 4 is 7.69 Å². The SMILES string of the molecule is CCO[B]OCF. The Labute approximate surface area is 42.9 Å². The lowest BCUT2D eigenvalue weighted by atomic mass is 10.4. The van der Waals surface area contributed by atoms with Gasteiger partial charge in [-0.1, -0.05) is 0 Å². The third-order valence-electron chi connectivity index (χ3n) is 0.366. The fourth-order valence-corrected chi connectivity index (χ4v) is 0.142. The van der Waals surface area contributed by atoms with Gasteiger partial charge in [0.15, 0.2) is 6.86 Å². The van der Waals surface area contributed by atoms with Gasteiger partial charge >= 0.3 is 7.69 Å². The zero-order valence-corrected chi connectivity index (χ0v) is 4.19. The molecule has 0 N–H and O–H groups in total. The van der Waals surface area contributed by atoms with Crippen LogP contribution in [0.2, 0.25) is 0 Å². The smallest absolute Gasteiger partial charge is 0.414 e. The molecule has 0 rings (SSSR count). The zero-order valence-electron chi connectivity index (χ0n) is 4.19. The van der Waals surface area contributed by atoms with E-state index in [0.29, 0.717) is 6.61 Å². The molecule has 0 saturated carbocycles. The summed E-state index contributed by atoms with van der Waals surface area (Å²) in [5.74, 6) is 0. The fraction of sp³-hybridized carbons (Fsp3) is 1.00. The van der Waals surface area contributed by atoms with Crippen molar-refractivity contribution in [2.75, 3.05) is 13.5 Å². The van der Waals surface area contributed by atoms with Crippen LogP contribution in [-0.2, 0) is 9.31 Å². The molecule has 2 nitrogen and oxygen atoms in total. The second-order valence-corrected chi connectivity index (χ2v) is 0.827. The lowest BCUT2D eigenvalue weighted by Gasteiger charge is -1.92. The van der Waals surface area contributed by atoms with Crippen molar-refractivity contribution in [1.29, 1.82) is 0 Å². The maximum absolute atomic E-state index is 11.0. The molecule has 0 aromatic carbocycles. The van der Waals surface area contributed by atoms with Gasteiger partial charge in [-0.15, -0.1) is 0 Å². The summed E-state index contributed by atoms with van der Waals surface area (Å²) in [6, 6.07) is 0. The van der Waals surface area contributed by atoms with Gasteiger partial charge in [-0.05, 0) is 6.92 Å². The van der Waals surface area contributed by atoms with Gasteiger partial charge in [0, 0.05) is 6.61 Å². The third-order valence-corrected chi connectivity index (χ3v) is 0.366. The lowest BCUT2D eigenvalue weighted by Crippen LogP contribution is -2.02. The van der Waals surface area contributed by atoms with Crippen molar-refractivity contribution in [2.24, 2.45) is 0 Å². The molecule has 0 aliphatic carbocycles. The maximum atomic E-state index is 11.0. The van der Waals surface area contributed by atoms with Crippen LogP contribution in [0.5, 0.6) is 0 Å². The van der Waals surface area contributed by atoms with Crippen LogP contribution < -0.4 is 0 Å². The molecule has 0 aromatic heterocycles. The van der Waals surface area contributed by atoms with Gasteiger partial charge in [0.25, 0.3) is 0 Å². The highest BCUT2D eigenvalue weighted by Gasteiger charge is 1.86. The molecule has 0 aliphatic rings. The largest absolute Gasteiger partial charge is 0.489 e. The Balaban J connectivity index is 2.45. The Morgan fingerprint density at radius 2 is 2.29 bits per heavy atom. The molecule has 41 valence electrons. The molecule has 0 fully saturated rings. The molecule has 4 heteroatoms. The summed E-state index contributed by atoms with van der Waals surface area (Å²) in [6.45, 7) is 1.48. The summed E-state index contributed by atoms with van der Waals surface area (Å²) < 4.78 is 19.5. The predicted molar refractivity (Wildman–Crippen MR) is 24.4 cm³/mol. The minimum absolute atomic E-state index is 0.514. The zero-order chi connectivity index (χ0) is 5.54. The molecular formula is C3H7BFO2. The molecule has 0 atom stereocenters. The number of rotatable bonds is 4. The Morgan fingerprint density at radius 1 is 1.57 bits per heavy atom. The second kappa shape index (κ2) is 5.91. The average molecular weight is 105 g/mol. The maximum Gasteiger partial charge on any atom is 0.489 e. The number of hydrogen-bond acceptors (Lipinski definition) is 2. The molecular weight excluding hydrogens is 97.8 g/mol. The highest BCUT2D eigenvalue weighted by molar-refractivity contribution is 6.17. The predicted octanol–water partition coefficient (Wildman–Crippen LogP) is 0.501. The number of alkyl halides is 1. The van der Waals surface area contributed by atoms with Crippen molar-refractivity contribution in [3.05, 3.63) is 0 Å². The van der Waals surface area contributed by atoms with Crippen LogP contribution in [0.25, 0.3) is 0 Å². The molecule has 0 unspecified atom stereocenters. The van der Waals surface area contributed by atoms with Crippen LogP contribution in [0.4, 0.5) is 4.39 Å². The normalized spacial score (nSPS) is 8.86. The number of halogens is 1. The standard InChI is InChI=1S/C3H7BFO2/c1-2-6-4-7-3-5/h2-3H2,1H3. The van der Waals surface area contributed by atoms with E-state index < -0.39 is 6.86 Å². The fourth-order valence-electron chi connectivity index (χ4n) is 0.142. The first-order chi connectivity index (χ1) is 3.41. The highest BCUT2D eigenvalue weighted by atomic mass is 19.1. The molecule has 0 heterocycles. The number of hydrogen-bond donors (Lipinski definition) is 0. The van der Waals surface area contributed by atoms with Gasteiger partial charge in [0.05, 0.1) is 0 Å². The van der Waals surface area contributed by atoms with E-state index in [2.05, 4.69) is 9.31 Å². The van der Waals surface area contributed by atoms with E-state index in [1.165, 1.54) is 0 Å². The summed E-state index contributed by atoms with van der Waals surface area (Å²) >= 11 is 0. The summed E-state index contributed by atoms with van der Waals surface area (Å²) in [6.07, 6.45) is 0. The van der Waals surface area contributed by atoms with Gasteiger partial charge in [-0.3, -0.25) is 0 Å². The summed E-state index contributed by atoms with van der Waals surface area (Å²) in [7, 11) is 0.986. The van der Waals surface area contributed by atoms with Crippen LogP contribution in [0.15, 0.2) is 0 Å². The monoisotopic (exact) mass is 105 g/mol. The van der Waals surface area contributed by atoms with E-state index in [-0.39, 0.29) is 0 Å². The Kier molecular flexibility index (Phi) is 5.84. The first-order valence-electron chi connectivity index (χ1n) is 2.02. The van der Waals surface area contributed by atoms with Gasteiger partial charge in [-0.25, -0.2) is 4.39 Å². The van der Waals surface area contributed by atoms with Gasteiger partial charge < -0.3 is 9.31 Å². The van der Waals surface area contributed by atoms with Gasteiger partial charge in [-0.2, -0.15) is 0 Å². The van der Waals surface area contributed by atoms with Gasteiger partial charge in [0.2, 0.25) is 0 Å². The van der Waals surface area contributed by atoms with E-state index >= 15 is 0 Å². The average Bonchev–Trinajstić information content (AvgIpc) is 1.69. The van der Waals surface area contributed by atoms with E-state index in [0.717, 1.165) is 7.69 Å². The van der Waals surface area contributed by atoms with Crippen molar-refractivity contribution in [2.45, 2.75) is 6.92 Å². The third kappa shape index (κ3) is 5.91. The van der Waals surface area contributed by atoms with Crippen molar-refractivity contribution in [3.63, 3.8) is 0 Å². The van der Waals surface area contributed by atoms with Crippen LogP contribution in [0, 0.1) is 0 Å². The van der Waals surface area contributed by atoms with Gasteiger partial charge in [0.1, 0.15) is 0 Å². The molecule has 0 aliphatic heterocycles. The van der Waals surface area contributed by atoms with Crippen LogP contribution in [0.1, 0.15) is 6.92 Å². The van der Waals surface area contributed by atoms with Crippen molar-refractivity contribution in [3.8, 4) is 0 Å². The second-order valence-electron chi connectivity index (χ2n) is 0.827. The van der Waals surface area contributed by atoms with Crippen molar-refractivity contribution < 1.29 is 13.7 Å². The summed E-state index contributed by atoms with van der Waals surface area (Å²) in [5, 5.41) is 0. The van der Waals surface area contributed by atoms with E-state index in [4.69, 9.17) is 0 Å². The molecule has 1 radical (unpaired) electrons. The quantitative estimate of drug-likeness (QED) is 0.382.